The number of nitrogens with one attached hydrogen (secondary N) is 2. The normalized spacial score (nSPS) is 9.92. The van der Waals surface area contributed by atoms with Crippen LogP contribution in [-0.2, 0) is 22.7 Å². The molecule has 0 aliphatic carbocycles. The third-order valence-electron chi connectivity index (χ3n) is 2.86. The van der Waals surface area contributed by atoms with Crippen molar-refractivity contribution in [1.82, 2.24) is 10.8 Å². The summed E-state index contributed by atoms with van der Waals surface area (Å²) in [6.07, 6.45) is -1.66. The van der Waals surface area contributed by atoms with Gasteiger partial charge in [-0.1, -0.05) is 51.8 Å². The molecule has 0 spiro atoms. The highest BCUT2D eigenvalue weighted by Gasteiger charge is 2.07. The highest BCUT2D eigenvalue weighted by molar-refractivity contribution is 9.10. The summed E-state index contributed by atoms with van der Waals surface area (Å²) in [5.74, 6) is 0. The number of hydrogen-bond donors (Lipinski definition) is 2. The zero-order chi connectivity index (χ0) is 17.4. The number of carbonyl (C=O) groups is 2. The molecule has 0 heterocycles. The topological polar surface area (TPSA) is 76.7 Å². The molecule has 2 aromatic rings. The van der Waals surface area contributed by atoms with Crippen LogP contribution >= 0.6 is 27.5 Å². The average molecular weight is 414 g/mol. The first-order chi connectivity index (χ1) is 11.5. The highest BCUT2D eigenvalue weighted by Crippen LogP contribution is 2.11. The zero-order valence-electron chi connectivity index (χ0n) is 12.4. The molecule has 2 aromatic carbocycles. The third-order valence-corrected chi connectivity index (χ3v) is 3.64. The molecular formula is C16H14BrClN2O4. The third kappa shape index (κ3) is 6.47. The number of hydroxylamine groups is 1. The average Bonchev–Trinajstić information content (AvgIpc) is 2.59. The lowest BCUT2D eigenvalue weighted by Crippen LogP contribution is -2.33. The quantitative estimate of drug-likeness (QED) is 0.738. The Labute approximate surface area is 152 Å². The Morgan fingerprint density at radius 2 is 1.58 bits per heavy atom. The van der Waals surface area contributed by atoms with Gasteiger partial charge < -0.3 is 14.9 Å². The van der Waals surface area contributed by atoms with E-state index in [0.29, 0.717) is 5.02 Å². The maximum atomic E-state index is 11.5. The Kier molecular flexibility index (Phi) is 6.89. The van der Waals surface area contributed by atoms with E-state index in [1.807, 2.05) is 17.6 Å². The van der Waals surface area contributed by atoms with Crippen molar-refractivity contribution in [2.75, 3.05) is 0 Å². The largest absolute Gasteiger partial charge is 0.443 e. The summed E-state index contributed by atoms with van der Waals surface area (Å²) in [4.78, 5) is 27.5. The van der Waals surface area contributed by atoms with Crippen LogP contribution in [0.2, 0.25) is 5.02 Å². The maximum absolute atomic E-state index is 11.5. The summed E-state index contributed by atoms with van der Waals surface area (Å²) < 4.78 is 5.84. The summed E-state index contributed by atoms with van der Waals surface area (Å²) in [5.41, 5.74) is 3.55. The Hall–Kier alpha value is -2.25. The number of halogens is 2. The van der Waals surface area contributed by atoms with Gasteiger partial charge in [-0.3, -0.25) is 0 Å². The molecule has 2 amide bonds. The van der Waals surface area contributed by atoms with Crippen LogP contribution in [0.5, 0.6) is 0 Å². The number of amides is 2. The highest BCUT2D eigenvalue weighted by atomic mass is 79.9. The van der Waals surface area contributed by atoms with Crippen molar-refractivity contribution in [2.24, 2.45) is 0 Å². The number of ether oxygens (including phenoxy) is 1. The van der Waals surface area contributed by atoms with Crippen LogP contribution in [0.1, 0.15) is 11.1 Å². The second-order valence-electron chi connectivity index (χ2n) is 4.67. The predicted molar refractivity (Wildman–Crippen MR) is 92.2 cm³/mol. The molecule has 8 heteroatoms. The van der Waals surface area contributed by atoms with E-state index >= 15 is 0 Å². The van der Waals surface area contributed by atoms with Crippen LogP contribution in [-0.4, -0.2) is 12.2 Å². The van der Waals surface area contributed by atoms with Gasteiger partial charge in [0, 0.05) is 16.0 Å². The van der Waals surface area contributed by atoms with Crippen LogP contribution in [0.25, 0.3) is 0 Å². The van der Waals surface area contributed by atoms with Crippen molar-refractivity contribution in [3.63, 3.8) is 0 Å². The van der Waals surface area contributed by atoms with Crippen LogP contribution in [0.4, 0.5) is 9.59 Å². The minimum Gasteiger partial charge on any atom is -0.443 e. The molecule has 0 aliphatic heterocycles. The van der Waals surface area contributed by atoms with Crippen molar-refractivity contribution in [3.8, 4) is 0 Å². The summed E-state index contributed by atoms with van der Waals surface area (Å²) in [7, 11) is 0. The predicted octanol–water partition coefficient (Wildman–Crippen LogP) is 4.17. The van der Waals surface area contributed by atoms with E-state index in [-0.39, 0.29) is 13.2 Å². The Morgan fingerprint density at radius 3 is 2.25 bits per heavy atom. The van der Waals surface area contributed by atoms with Crippen LogP contribution < -0.4 is 10.8 Å². The summed E-state index contributed by atoms with van der Waals surface area (Å²) in [5, 5.41) is 3.08. The summed E-state index contributed by atoms with van der Waals surface area (Å²) >= 11 is 9.08. The van der Waals surface area contributed by atoms with Gasteiger partial charge in [0.1, 0.15) is 6.61 Å². The lowest BCUT2D eigenvalue weighted by molar-refractivity contribution is 0.0599. The molecule has 0 aliphatic rings. The van der Waals surface area contributed by atoms with E-state index < -0.39 is 12.2 Å². The van der Waals surface area contributed by atoms with Crippen molar-refractivity contribution < 1.29 is 19.2 Å². The molecule has 24 heavy (non-hydrogen) atoms. The van der Waals surface area contributed by atoms with Crippen LogP contribution in [0, 0.1) is 0 Å². The minimum atomic E-state index is -0.862. The smallest absolute Gasteiger partial charge is 0.441 e. The SMILES string of the molecule is O=C(NOC(=O)NCc1ccc(Cl)cc1)OCc1ccc(Br)cc1. The van der Waals surface area contributed by atoms with E-state index in [0.717, 1.165) is 15.6 Å². The molecule has 0 saturated carbocycles. The van der Waals surface area contributed by atoms with Gasteiger partial charge in [0.05, 0.1) is 0 Å². The van der Waals surface area contributed by atoms with Crippen molar-refractivity contribution in [3.05, 3.63) is 69.2 Å². The molecule has 2 N–H and O–H groups in total. The van der Waals surface area contributed by atoms with Gasteiger partial charge in [0.15, 0.2) is 0 Å². The molecule has 0 fully saturated rings. The first-order valence-corrected chi connectivity index (χ1v) is 8.06. The van der Waals surface area contributed by atoms with Gasteiger partial charge in [-0.25, -0.2) is 9.59 Å². The Morgan fingerprint density at radius 1 is 0.958 bits per heavy atom. The second kappa shape index (κ2) is 9.14. The molecule has 0 bridgehead atoms. The van der Waals surface area contributed by atoms with Crippen molar-refractivity contribution >= 4 is 39.7 Å². The van der Waals surface area contributed by atoms with Gasteiger partial charge in [0.2, 0.25) is 0 Å². The van der Waals surface area contributed by atoms with Gasteiger partial charge in [-0.15, -0.1) is 5.48 Å². The molecular weight excluding hydrogens is 400 g/mol. The lowest BCUT2D eigenvalue weighted by Gasteiger charge is -2.08. The fraction of sp³-hybridized carbons (Fsp3) is 0.125. The minimum absolute atomic E-state index is 0.0644. The zero-order valence-corrected chi connectivity index (χ0v) is 14.8. The van der Waals surface area contributed by atoms with Crippen molar-refractivity contribution in [1.29, 1.82) is 0 Å². The Bertz CT molecular complexity index is 631. The summed E-state index contributed by atoms with van der Waals surface area (Å²) in [6, 6.07) is 14.2. The molecule has 0 aromatic heterocycles. The lowest BCUT2D eigenvalue weighted by atomic mass is 10.2. The number of rotatable bonds is 4. The second-order valence-corrected chi connectivity index (χ2v) is 6.03. The fourth-order valence-electron chi connectivity index (χ4n) is 1.66. The maximum Gasteiger partial charge on any atom is 0.441 e. The fourth-order valence-corrected chi connectivity index (χ4v) is 2.05. The molecule has 2 rings (SSSR count). The van der Waals surface area contributed by atoms with E-state index in [9.17, 15) is 9.59 Å². The van der Waals surface area contributed by atoms with Gasteiger partial charge in [0.25, 0.3) is 0 Å². The summed E-state index contributed by atoms with van der Waals surface area (Å²) in [6.45, 7) is 0.306. The van der Waals surface area contributed by atoms with Gasteiger partial charge in [-0.2, -0.15) is 0 Å². The number of hydrogen-bond acceptors (Lipinski definition) is 4. The van der Waals surface area contributed by atoms with Gasteiger partial charge >= 0.3 is 12.2 Å². The van der Waals surface area contributed by atoms with Gasteiger partial charge in [-0.05, 0) is 35.4 Å². The molecule has 126 valence electrons. The molecule has 6 nitrogen and oxygen atoms in total. The first-order valence-electron chi connectivity index (χ1n) is 6.89. The van der Waals surface area contributed by atoms with E-state index in [4.69, 9.17) is 16.3 Å². The molecule has 0 atom stereocenters. The van der Waals surface area contributed by atoms with E-state index in [2.05, 4.69) is 26.1 Å². The monoisotopic (exact) mass is 412 g/mol. The standard InChI is InChI=1S/C16H14BrClN2O4/c17-13-5-1-12(2-6-13)10-23-16(22)20-24-15(21)19-9-11-3-7-14(18)8-4-11/h1-8H,9-10H2,(H,19,21)(H,20,22). The Balaban J connectivity index is 1.64. The molecule has 0 saturated heterocycles. The molecule has 0 unspecified atom stereocenters. The van der Waals surface area contributed by atoms with Crippen LogP contribution in [0.15, 0.2) is 53.0 Å². The van der Waals surface area contributed by atoms with Crippen LogP contribution in [0.3, 0.4) is 0 Å². The van der Waals surface area contributed by atoms with E-state index in [1.165, 1.54) is 0 Å². The number of carbonyl (C=O) groups excluding carboxylic acids is 2. The van der Waals surface area contributed by atoms with Crippen molar-refractivity contribution in [2.45, 2.75) is 13.2 Å². The first kappa shape index (κ1) is 18.1. The van der Waals surface area contributed by atoms with E-state index in [1.54, 1.807) is 36.4 Å². The molecule has 0 radical (unpaired) electrons. The number of benzene rings is 2.